The SMILES string of the molecule is CC(CNC(=O)NCc1cccc(Br)c1)C(=O)O. The van der Waals surface area contributed by atoms with Gasteiger partial charge in [0, 0.05) is 17.6 Å². The van der Waals surface area contributed by atoms with E-state index in [4.69, 9.17) is 5.11 Å². The van der Waals surface area contributed by atoms with Crippen LogP contribution < -0.4 is 10.6 Å². The molecule has 0 bridgehead atoms. The number of nitrogens with one attached hydrogen (secondary N) is 2. The van der Waals surface area contributed by atoms with E-state index in [1.165, 1.54) is 6.92 Å². The first-order valence-electron chi connectivity index (χ1n) is 5.48. The van der Waals surface area contributed by atoms with Gasteiger partial charge in [0.05, 0.1) is 5.92 Å². The van der Waals surface area contributed by atoms with Gasteiger partial charge in [0.2, 0.25) is 0 Å². The second kappa shape index (κ2) is 7.00. The third-order valence-electron chi connectivity index (χ3n) is 2.33. The molecule has 1 rings (SSSR count). The van der Waals surface area contributed by atoms with Crippen molar-refractivity contribution in [3.05, 3.63) is 34.3 Å². The summed E-state index contributed by atoms with van der Waals surface area (Å²) in [5.74, 6) is -1.52. The summed E-state index contributed by atoms with van der Waals surface area (Å²) in [6, 6.07) is 7.21. The number of hydrogen-bond donors (Lipinski definition) is 3. The maximum absolute atomic E-state index is 11.4. The molecule has 0 fully saturated rings. The zero-order valence-corrected chi connectivity index (χ0v) is 11.5. The highest BCUT2D eigenvalue weighted by atomic mass is 79.9. The van der Waals surface area contributed by atoms with Gasteiger partial charge in [-0.2, -0.15) is 0 Å². The molecule has 1 aromatic rings. The van der Waals surface area contributed by atoms with Crippen molar-refractivity contribution < 1.29 is 14.7 Å². The molecule has 0 saturated carbocycles. The zero-order valence-electron chi connectivity index (χ0n) is 9.94. The van der Waals surface area contributed by atoms with Gasteiger partial charge >= 0.3 is 12.0 Å². The molecule has 3 N–H and O–H groups in total. The van der Waals surface area contributed by atoms with E-state index in [-0.39, 0.29) is 12.6 Å². The van der Waals surface area contributed by atoms with Crippen LogP contribution in [0.25, 0.3) is 0 Å². The number of rotatable bonds is 5. The summed E-state index contributed by atoms with van der Waals surface area (Å²) < 4.78 is 0.946. The highest BCUT2D eigenvalue weighted by Gasteiger charge is 2.11. The van der Waals surface area contributed by atoms with Gasteiger partial charge in [0.1, 0.15) is 0 Å². The Hall–Kier alpha value is -1.56. The lowest BCUT2D eigenvalue weighted by Crippen LogP contribution is -2.38. The Balaban J connectivity index is 2.31. The normalized spacial score (nSPS) is 11.7. The lowest BCUT2D eigenvalue weighted by atomic mass is 10.2. The molecule has 0 aromatic heterocycles. The van der Waals surface area contributed by atoms with E-state index in [0.29, 0.717) is 6.54 Å². The lowest BCUT2D eigenvalue weighted by Gasteiger charge is -2.10. The van der Waals surface area contributed by atoms with E-state index in [1.807, 2.05) is 24.3 Å². The maximum Gasteiger partial charge on any atom is 0.315 e. The van der Waals surface area contributed by atoms with Crippen LogP contribution in [0.1, 0.15) is 12.5 Å². The molecule has 0 spiro atoms. The van der Waals surface area contributed by atoms with Gasteiger partial charge in [-0.05, 0) is 17.7 Å². The minimum Gasteiger partial charge on any atom is -0.481 e. The van der Waals surface area contributed by atoms with E-state index in [2.05, 4.69) is 26.6 Å². The van der Waals surface area contributed by atoms with Gasteiger partial charge in [-0.15, -0.1) is 0 Å². The molecule has 0 saturated heterocycles. The van der Waals surface area contributed by atoms with Gasteiger partial charge in [-0.1, -0.05) is 35.0 Å². The van der Waals surface area contributed by atoms with Crippen molar-refractivity contribution in [3.8, 4) is 0 Å². The Labute approximate surface area is 114 Å². The van der Waals surface area contributed by atoms with E-state index in [9.17, 15) is 9.59 Å². The third-order valence-corrected chi connectivity index (χ3v) is 2.83. The molecule has 2 amide bonds. The molecular weight excluding hydrogens is 300 g/mol. The summed E-state index contributed by atoms with van der Waals surface area (Å²) in [6.45, 7) is 2.04. The fraction of sp³-hybridized carbons (Fsp3) is 0.333. The topological polar surface area (TPSA) is 78.4 Å². The Morgan fingerprint density at radius 1 is 1.39 bits per heavy atom. The number of carboxylic acids is 1. The Kier molecular flexibility index (Phi) is 5.64. The van der Waals surface area contributed by atoms with Crippen LogP contribution in [0.3, 0.4) is 0 Å². The fourth-order valence-electron chi connectivity index (χ4n) is 1.22. The number of carbonyl (C=O) groups excluding carboxylic acids is 1. The van der Waals surface area contributed by atoms with Crippen LogP contribution in [-0.2, 0) is 11.3 Å². The van der Waals surface area contributed by atoms with Crippen molar-refractivity contribution in [2.75, 3.05) is 6.54 Å². The van der Waals surface area contributed by atoms with Crippen molar-refractivity contribution in [1.29, 1.82) is 0 Å². The fourth-order valence-corrected chi connectivity index (χ4v) is 1.67. The van der Waals surface area contributed by atoms with Crippen molar-refractivity contribution in [2.24, 2.45) is 5.92 Å². The van der Waals surface area contributed by atoms with Crippen LogP contribution in [0.15, 0.2) is 28.7 Å². The van der Waals surface area contributed by atoms with Crippen LogP contribution in [0, 0.1) is 5.92 Å². The molecule has 0 aliphatic heterocycles. The predicted molar refractivity (Wildman–Crippen MR) is 71.2 cm³/mol. The summed E-state index contributed by atoms with van der Waals surface area (Å²) in [7, 11) is 0. The monoisotopic (exact) mass is 314 g/mol. The molecule has 1 aromatic carbocycles. The first-order valence-corrected chi connectivity index (χ1v) is 6.27. The van der Waals surface area contributed by atoms with Crippen LogP contribution >= 0.6 is 15.9 Å². The standard InChI is InChI=1S/C12H15BrN2O3/c1-8(11(16)17)6-14-12(18)15-7-9-3-2-4-10(13)5-9/h2-5,8H,6-7H2,1H3,(H,16,17)(H2,14,15,18). The van der Waals surface area contributed by atoms with Crippen LogP contribution in [0.4, 0.5) is 4.79 Å². The smallest absolute Gasteiger partial charge is 0.315 e. The van der Waals surface area contributed by atoms with Gasteiger partial charge in [-0.25, -0.2) is 4.79 Å². The molecule has 18 heavy (non-hydrogen) atoms. The predicted octanol–water partition coefficient (Wildman–Crippen LogP) is 1.97. The first-order chi connectivity index (χ1) is 8.49. The Morgan fingerprint density at radius 3 is 2.72 bits per heavy atom. The molecule has 0 aliphatic rings. The summed E-state index contributed by atoms with van der Waals surface area (Å²) in [5, 5.41) is 13.8. The molecule has 1 unspecified atom stereocenters. The summed E-state index contributed by atoms with van der Waals surface area (Å²) >= 11 is 3.34. The van der Waals surface area contributed by atoms with Crippen LogP contribution in [0.5, 0.6) is 0 Å². The summed E-state index contributed by atoms with van der Waals surface area (Å²) in [4.78, 5) is 22.0. The molecular formula is C12H15BrN2O3. The first kappa shape index (κ1) is 14.5. The number of aliphatic carboxylic acids is 1. The van der Waals surface area contributed by atoms with Gasteiger partial charge in [0.15, 0.2) is 0 Å². The largest absolute Gasteiger partial charge is 0.481 e. The molecule has 98 valence electrons. The molecule has 0 aliphatic carbocycles. The van der Waals surface area contributed by atoms with Crippen LogP contribution in [-0.4, -0.2) is 23.7 Å². The number of halogens is 1. The zero-order chi connectivity index (χ0) is 13.5. The van der Waals surface area contributed by atoms with E-state index in [0.717, 1.165) is 10.0 Å². The highest BCUT2D eigenvalue weighted by Crippen LogP contribution is 2.11. The maximum atomic E-state index is 11.4. The molecule has 0 heterocycles. The average molecular weight is 315 g/mol. The van der Waals surface area contributed by atoms with Crippen molar-refractivity contribution in [2.45, 2.75) is 13.5 Å². The minimum atomic E-state index is -0.928. The van der Waals surface area contributed by atoms with Gasteiger partial charge in [-0.3, -0.25) is 4.79 Å². The van der Waals surface area contributed by atoms with Crippen LogP contribution in [0.2, 0.25) is 0 Å². The van der Waals surface area contributed by atoms with E-state index in [1.54, 1.807) is 0 Å². The number of hydrogen-bond acceptors (Lipinski definition) is 2. The molecule has 0 radical (unpaired) electrons. The number of amides is 2. The number of carbonyl (C=O) groups is 2. The van der Waals surface area contributed by atoms with Crippen molar-refractivity contribution in [3.63, 3.8) is 0 Å². The third kappa shape index (κ3) is 5.18. The number of benzene rings is 1. The van der Waals surface area contributed by atoms with Gasteiger partial charge in [0.25, 0.3) is 0 Å². The molecule has 5 nitrogen and oxygen atoms in total. The van der Waals surface area contributed by atoms with Gasteiger partial charge < -0.3 is 15.7 Å². The van der Waals surface area contributed by atoms with E-state index < -0.39 is 11.9 Å². The number of carboxylic acid groups (broad SMARTS) is 1. The second-order valence-electron chi connectivity index (χ2n) is 3.93. The van der Waals surface area contributed by atoms with Crippen molar-refractivity contribution in [1.82, 2.24) is 10.6 Å². The molecule has 1 atom stereocenters. The minimum absolute atomic E-state index is 0.111. The summed E-state index contributed by atoms with van der Waals surface area (Å²) in [6.07, 6.45) is 0. The highest BCUT2D eigenvalue weighted by molar-refractivity contribution is 9.10. The quantitative estimate of drug-likeness (QED) is 0.777. The Bertz CT molecular complexity index is 437. The Morgan fingerprint density at radius 2 is 2.11 bits per heavy atom. The summed E-state index contributed by atoms with van der Waals surface area (Å²) in [5.41, 5.74) is 0.964. The van der Waals surface area contributed by atoms with Crippen molar-refractivity contribution >= 4 is 27.9 Å². The second-order valence-corrected chi connectivity index (χ2v) is 4.85. The van der Waals surface area contributed by atoms with E-state index >= 15 is 0 Å². The average Bonchev–Trinajstić information content (AvgIpc) is 2.33. The number of urea groups is 1. The lowest BCUT2D eigenvalue weighted by molar-refractivity contribution is -0.140. The molecule has 6 heteroatoms.